The Hall–Kier alpha value is -3.02. The maximum Gasteiger partial charge on any atom is 0.341 e. The van der Waals surface area contributed by atoms with Gasteiger partial charge >= 0.3 is 5.97 Å². The average Bonchev–Trinajstić information content (AvgIpc) is 2.46. The summed E-state index contributed by atoms with van der Waals surface area (Å²) in [6.07, 6.45) is 2.84. The van der Waals surface area contributed by atoms with Crippen molar-refractivity contribution < 1.29 is 9.90 Å². The third-order valence-electron chi connectivity index (χ3n) is 2.90. The molecule has 98 valence electrons. The highest BCUT2D eigenvalue weighted by molar-refractivity contribution is 5.92. The molecule has 1 aromatic carbocycles. The molecule has 0 aliphatic heterocycles. The number of benzene rings is 1. The van der Waals surface area contributed by atoms with Crippen molar-refractivity contribution in [1.82, 2.24) is 15.0 Å². The molecule has 0 fully saturated rings. The number of anilines is 1. The fraction of sp³-hybridized carbons (Fsp3) is 0. The number of rotatable bonds is 2. The van der Waals surface area contributed by atoms with Crippen molar-refractivity contribution in [3.8, 4) is 11.4 Å². The number of hydrogen-bond donors (Lipinski definition) is 2. The van der Waals surface area contributed by atoms with Crippen LogP contribution >= 0.6 is 0 Å². The average molecular weight is 266 g/mol. The number of pyridine rings is 1. The highest BCUT2D eigenvalue weighted by atomic mass is 16.4. The summed E-state index contributed by atoms with van der Waals surface area (Å²) in [5, 5.41) is 9.85. The minimum Gasteiger partial charge on any atom is -0.477 e. The van der Waals surface area contributed by atoms with Gasteiger partial charge in [-0.1, -0.05) is 18.2 Å². The van der Waals surface area contributed by atoms with Crippen LogP contribution in [0.25, 0.3) is 22.3 Å². The molecule has 6 heteroatoms. The van der Waals surface area contributed by atoms with Crippen molar-refractivity contribution in [2.75, 3.05) is 5.73 Å². The van der Waals surface area contributed by atoms with Gasteiger partial charge < -0.3 is 10.8 Å². The number of nitrogens with two attached hydrogens (primary N) is 1. The monoisotopic (exact) mass is 266 g/mol. The van der Waals surface area contributed by atoms with Crippen LogP contribution in [-0.4, -0.2) is 26.0 Å². The van der Waals surface area contributed by atoms with Crippen molar-refractivity contribution >= 4 is 22.7 Å². The van der Waals surface area contributed by atoms with E-state index >= 15 is 0 Å². The lowest BCUT2D eigenvalue weighted by Crippen LogP contribution is -2.06. The fourth-order valence-electron chi connectivity index (χ4n) is 1.89. The van der Waals surface area contributed by atoms with E-state index in [2.05, 4.69) is 15.0 Å². The Bertz CT molecular complexity index is 817. The molecule has 0 bridgehead atoms. The second-order valence-electron chi connectivity index (χ2n) is 4.21. The number of nitrogens with zero attached hydrogens (tertiary/aromatic N) is 3. The first-order valence-electron chi connectivity index (χ1n) is 5.86. The van der Waals surface area contributed by atoms with Crippen LogP contribution in [0.4, 0.5) is 5.82 Å². The number of carbonyl (C=O) groups is 1. The number of carboxylic acids is 1. The molecule has 3 aromatic rings. The minimum atomic E-state index is -1.15. The van der Waals surface area contributed by atoms with Gasteiger partial charge in [-0.3, -0.25) is 4.98 Å². The number of para-hydroxylation sites is 1. The van der Waals surface area contributed by atoms with Crippen molar-refractivity contribution in [3.05, 3.63) is 48.3 Å². The zero-order valence-electron chi connectivity index (χ0n) is 10.3. The molecule has 2 heterocycles. The summed E-state index contributed by atoms with van der Waals surface area (Å²) in [6.45, 7) is 0. The predicted molar refractivity (Wildman–Crippen MR) is 74.1 cm³/mol. The van der Waals surface area contributed by atoms with E-state index in [0.29, 0.717) is 11.4 Å². The quantitative estimate of drug-likeness (QED) is 0.735. The number of hydrogen-bond acceptors (Lipinski definition) is 5. The third-order valence-corrected chi connectivity index (χ3v) is 2.90. The normalized spacial score (nSPS) is 10.6. The van der Waals surface area contributed by atoms with Gasteiger partial charge in [0, 0.05) is 23.3 Å². The molecule has 0 unspecified atom stereocenters. The van der Waals surface area contributed by atoms with Gasteiger partial charge in [0.1, 0.15) is 11.4 Å². The highest BCUT2D eigenvalue weighted by Crippen LogP contribution is 2.21. The molecule has 0 atom stereocenters. The van der Waals surface area contributed by atoms with E-state index < -0.39 is 5.97 Å². The maximum atomic E-state index is 10.9. The topological polar surface area (TPSA) is 102 Å². The van der Waals surface area contributed by atoms with Gasteiger partial charge in [-0.15, -0.1) is 0 Å². The minimum absolute atomic E-state index is 0.0596. The molecule has 0 aliphatic carbocycles. The van der Waals surface area contributed by atoms with Crippen LogP contribution in [0.5, 0.6) is 0 Å². The van der Waals surface area contributed by atoms with Crippen molar-refractivity contribution in [1.29, 1.82) is 0 Å². The zero-order valence-corrected chi connectivity index (χ0v) is 10.3. The molecular weight excluding hydrogens is 256 g/mol. The van der Waals surface area contributed by atoms with Crippen LogP contribution in [0.15, 0.2) is 42.7 Å². The molecule has 0 aliphatic rings. The number of aromatic nitrogens is 3. The lowest BCUT2D eigenvalue weighted by Gasteiger charge is -2.04. The van der Waals surface area contributed by atoms with E-state index in [1.165, 1.54) is 6.20 Å². The molecule has 6 nitrogen and oxygen atoms in total. The fourth-order valence-corrected chi connectivity index (χ4v) is 1.89. The second kappa shape index (κ2) is 4.58. The van der Waals surface area contributed by atoms with Crippen molar-refractivity contribution in [3.63, 3.8) is 0 Å². The molecule has 3 N–H and O–H groups in total. The van der Waals surface area contributed by atoms with Crippen LogP contribution in [0, 0.1) is 0 Å². The number of carboxylic acid groups (broad SMARTS) is 1. The third kappa shape index (κ3) is 2.03. The van der Waals surface area contributed by atoms with Crippen LogP contribution in [-0.2, 0) is 0 Å². The Kier molecular flexibility index (Phi) is 2.76. The summed E-state index contributed by atoms with van der Waals surface area (Å²) in [7, 11) is 0. The van der Waals surface area contributed by atoms with E-state index in [0.717, 1.165) is 10.9 Å². The van der Waals surface area contributed by atoms with Crippen LogP contribution in [0.1, 0.15) is 10.4 Å². The molecule has 0 saturated carbocycles. The van der Waals surface area contributed by atoms with Gasteiger partial charge in [0.2, 0.25) is 0 Å². The van der Waals surface area contributed by atoms with E-state index in [4.69, 9.17) is 10.8 Å². The van der Waals surface area contributed by atoms with E-state index in [1.807, 2.05) is 30.3 Å². The van der Waals surface area contributed by atoms with Crippen molar-refractivity contribution in [2.24, 2.45) is 0 Å². The standard InChI is InChI=1S/C14H10N4O2/c15-12-10(14(19)20)7-17-13(18-12)9-5-8-3-1-2-4-11(8)16-6-9/h1-7H,(H,19,20)(H2,15,17,18). The molecule has 0 saturated heterocycles. The molecular formula is C14H10N4O2. The first-order valence-corrected chi connectivity index (χ1v) is 5.86. The Morgan fingerprint density at radius 3 is 2.70 bits per heavy atom. The SMILES string of the molecule is Nc1nc(-c2cnc3ccccc3c2)ncc1C(=O)O. The van der Waals surface area contributed by atoms with Gasteiger partial charge in [-0.25, -0.2) is 14.8 Å². The van der Waals surface area contributed by atoms with Gasteiger partial charge in [-0.2, -0.15) is 0 Å². The largest absolute Gasteiger partial charge is 0.477 e. The van der Waals surface area contributed by atoms with Crippen LogP contribution < -0.4 is 5.73 Å². The van der Waals surface area contributed by atoms with Crippen molar-refractivity contribution in [2.45, 2.75) is 0 Å². The van der Waals surface area contributed by atoms with Gasteiger partial charge in [0.05, 0.1) is 5.52 Å². The number of fused-ring (bicyclic) bond motifs is 1. The van der Waals surface area contributed by atoms with Crippen LogP contribution in [0.2, 0.25) is 0 Å². The first-order chi connectivity index (χ1) is 9.65. The summed E-state index contributed by atoms with van der Waals surface area (Å²) < 4.78 is 0. The summed E-state index contributed by atoms with van der Waals surface area (Å²) in [6, 6.07) is 9.54. The number of aromatic carboxylic acids is 1. The Morgan fingerprint density at radius 1 is 1.15 bits per heavy atom. The summed E-state index contributed by atoms with van der Waals surface area (Å²) in [5.74, 6) is -0.855. The zero-order chi connectivity index (χ0) is 14.1. The van der Waals surface area contributed by atoms with E-state index in [9.17, 15) is 4.79 Å². The van der Waals surface area contributed by atoms with E-state index in [-0.39, 0.29) is 11.4 Å². The maximum absolute atomic E-state index is 10.9. The number of nitrogen functional groups attached to an aromatic ring is 1. The Balaban J connectivity index is 2.11. The molecule has 0 amide bonds. The van der Waals surface area contributed by atoms with Crippen LogP contribution in [0.3, 0.4) is 0 Å². The lowest BCUT2D eigenvalue weighted by atomic mass is 10.1. The first kappa shape index (κ1) is 12.0. The molecule has 2 aromatic heterocycles. The molecule has 3 rings (SSSR count). The smallest absolute Gasteiger partial charge is 0.341 e. The summed E-state index contributed by atoms with van der Waals surface area (Å²) in [4.78, 5) is 23.2. The molecule has 0 spiro atoms. The van der Waals surface area contributed by atoms with Gasteiger partial charge in [0.25, 0.3) is 0 Å². The van der Waals surface area contributed by atoms with Gasteiger partial charge in [-0.05, 0) is 12.1 Å². The molecule has 20 heavy (non-hydrogen) atoms. The van der Waals surface area contributed by atoms with Gasteiger partial charge in [0.15, 0.2) is 5.82 Å². The second-order valence-corrected chi connectivity index (χ2v) is 4.21. The predicted octanol–water partition coefficient (Wildman–Crippen LogP) is 1.97. The Labute approximate surface area is 113 Å². The Morgan fingerprint density at radius 2 is 1.95 bits per heavy atom. The summed E-state index contributed by atoms with van der Waals surface area (Å²) in [5.41, 5.74) is 7.07. The highest BCUT2D eigenvalue weighted by Gasteiger charge is 2.12. The van der Waals surface area contributed by atoms with E-state index in [1.54, 1.807) is 6.20 Å². The molecule has 0 radical (unpaired) electrons. The lowest BCUT2D eigenvalue weighted by molar-refractivity contribution is 0.0697. The summed E-state index contributed by atoms with van der Waals surface area (Å²) >= 11 is 0.